The minimum atomic E-state index is 0.240. The molecule has 0 spiro atoms. The third kappa shape index (κ3) is 4.11. The lowest BCUT2D eigenvalue weighted by Gasteiger charge is -2.16. The van der Waals surface area contributed by atoms with Crippen molar-refractivity contribution in [3.63, 3.8) is 0 Å². The Morgan fingerprint density at radius 1 is 1.18 bits per heavy atom. The van der Waals surface area contributed by atoms with E-state index in [0.29, 0.717) is 19.6 Å². The molecule has 0 bridgehead atoms. The predicted octanol–water partition coefficient (Wildman–Crippen LogP) is 3.67. The number of hydrogen-bond donors (Lipinski definition) is 1. The monoisotopic (exact) mass is 378 g/mol. The second kappa shape index (κ2) is 8.33. The van der Waals surface area contributed by atoms with Crippen LogP contribution in [0.25, 0.3) is 11.0 Å². The predicted molar refractivity (Wildman–Crippen MR) is 110 cm³/mol. The van der Waals surface area contributed by atoms with Gasteiger partial charge in [-0.25, -0.2) is 4.98 Å². The Kier molecular flexibility index (Phi) is 5.46. The van der Waals surface area contributed by atoms with Crippen LogP contribution in [0.3, 0.4) is 0 Å². The van der Waals surface area contributed by atoms with E-state index >= 15 is 0 Å². The van der Waals surface area contributed by atoms with Gasteiger partial charge in [0, 0.05) is 31.7 Å². The van der Waals surface area contributed by atoms with Gasteiger partial charge in [-0.05, 0) is 49.2 Å². The fraction of sp³-hybridized carbons (Fsp3) is 0.364. The molecule has 1 aromatic heterocycles. The number of rotatable bonds is 8. The molecule has 1 saturated heterocycles. The summed E-state index contributed by atoms with van der Waals surface area (Å²) in [6, 6.07) is 14.4. The number of anilines is 1. The van der Waals surface area contributed by atoms with E-state index in [9.17, 15) is 4.79 Å². The number of ether oxygens (including phenoxy) is 1. The van der Waals surface area contributed by atoms with Crippen LogP contribution in [0.4, 0.5) is 5.69 Å². The van der Waals surface area contributed by atoms with Crippen molar-refractivity contribution in [2.75, 3.05) is 25.0 Å². The van der Waals surface area contributed by atoms with Crippen LogP contribution in [-0.4, -0.2) is 40.1 Å². The quantitative estimate of drug-likeness (QED) is 0.650. The molecule has 146 valence electrons. The van der Waals surface area contributed by atoms with Gasteiger partial charge in [-0.15, -0.1) is 0 Å². The minimum absolute atomic E-state index is 0.240. The van der Waals surface area contributed by atoms with Gasteiger partial charge in [-0.3, -0.25) is 4.79 Å². The first-order chi connectivity index (χ1) is 13.7. The normalized spacial score (nSPS) is 14.0. The van der Waals surface area contributed by atoms with Crippen LogP contribution in [0.2, 0.25) is 0 Å². The zero-order chi connectivity index (χ0) is 19.3. The van der Waals surface area contributed by atoms with Crippen molar-refractivity contribution in [2.45, 2.75) is 32.9 Å². The lowest BCUT2D eigenvalue weighted by Crippen LogP contribution is -2.29. The van der Waals surface area contributed by atoms with E-state index in [4.69, 9.17) is 4.74 Å². The Morgan fingerprint density at radius 3 is 2.79 bits per heavy atom. The summed E-state index contributed by atoms with van der Waals surface area (Å²) in [6.07, 6.45) is 3.52. The van der Waals surface area contributed by atoms with Crippen LogP contribution >= 0.6 is 0 Å². The lowest BCUT2D eigenvalue weighted by atomic mass is 10.2. The molecule has 1 N–H and O–H groups in total. The molecule has 2 aromatic carbocycles. The minimum Gasteiger partial charge on any atom is -0.492 e. The fourth-order valence-corrected chi connectivity index (χ4v) is 3.55. The van der Waals surface area contributed by atoms with Crippen LogP contribution in [-0.2, 0) is 17.9 Å². The number of hydrogen-bond acceptors (Lipinski definition) is 4. The van der Waals surface area contributed by atoms with Crippen molar-refractivity contribution >= 4 is 22.6 Å². The van der Waals surface area contributed by atoms with E-state index < -0.39 is 0 Å². The maximum atomic E-state index is 11.6. The molecule has 2 heterocycles. The Labute approximate surface area is 165 Å². The molecular formula is C22H26N4O2. The summed E-state index contributed by atoms with van der Waals surface area (Å²) in [5.41, 5.74) is 4.41. The molecule has 1 aliphatic heterocycles. The molecule has 6 nitrogen and oxygen atoms in total. The highest BCUT2D eigenvalue weighted by Gasteiger charge is 2.19. The molecule has 0 unspecified atom stereocenters. The average Bonchev–Trinajstić information content (AvgIpc) is 3.32. The number of aromatic nitrogens is 2. The third-order valence-corrected chi connectivity index (χ3v) is 5.18. The Hall–Kier alpha value is -3.02. The molecule has 3 aromatic rings. The van der Waals surface area contributed by atoms with E-state index in [1.165, 1.54) is 5.56 Å². The number of nitrogens with one attached hydrogen (secondary N) is 1. The Bertz CT molecular complexity index is 949. The topological polar surface area (TPSA) is 59.4 Å². The van der Waals surface area contributed by atoms with Gasteiger partial charge in [-0.1, -0.05) is 12.1 Å². The van der Waals surface area contributed by atoms with Crippen molar-refractivity contribution < 1.29 is 9.53 Å². The van der Waals surface area contributed by atoms with Gasteiger partial charge in [-0.2, -0.15) is 0 Å². The van der Waals surface area contributed by atoms with Gasteiger partial charge >= 0.3 is 0 Å². The second-order valence-corrected chi connectivity index (χ2v) is 7.06. The van der Waals surface area contributed by atoms with Gasteiger partial charge in [0.25, 0.3) is 0 Å². The van der Waals surface area contributed by atoms with Gasteiger partial charge in [0.15, 0.2) is 0 Å². The molecule has 0 saturated carbocycles. The molecule has 1 fully saturated rings. The molecular weight excluding hydrogens is 352 g/mol. The van der Waals surface area contributed by atoms with Gasteiger partial charge in [0.05, 0.1) is 23.9 Å². The van der Waals surface area contributed by atoms with Crippen molar-refractivity contribution in [1.29, 1.82) is 0 Å². The number of nitrogens with zero attached hydrogens (tertiary/aromatic N) is 3. The van der Waals surface area contributed by atoms with Gasteiger partial charge < -0.3 is 19.5 Å². The second-order valence-electron chi connectivity index (χ2n) is 7.06. The number of carbonyl (C=O) groups excluding carboxylic acids is 1. The Balaban J connectivity index is 1.27. The number of benzene rings is 2. The summed E-state index contributed by atoms with van der Waals surface area (Å²) in [4.78, 5) is 17.9. The molecule has 0 radical (unpaired) electrons. The maximum absolute atomic E-state index is 11.6. The zero-order valence-electron chi connectivity index (χ0n) is 16.2. The summed E-state index contributed by atoms with van der Waals surface area (Å²) >= 11 is 0. The van der Waals surface area contributed by atoms with Crippen LogP contribution in [0.1, 0.15) is 25.3 Å². The number of aryl methyl sites for hydroxylation is 1. The molecule has 6 heteroatoms. The van der Waals surface area contributed by atoms with Gasteiger partial charge in [0.1, 0.15) is 12.4 Å². The Morgan fingerprint density at radius 2 is 2.04 bits per heavy atom. The van der Waals surface area contributed by atoms with Crippen molar-refractivity contribution in [3.05, 3.63) is 54.4 Å². The highest BCUT2D eigenvalue weighted by Crippen LogP contribution is 2.19. The summed E-state index contributed by atoms with van der Waals surface area (Å²) in [7, 11) is 0. The average molecular weight is 378 g/mol. The highest BCUT2D eigenvalue weighted by molar-refractivity contribution is 5.79. The van der Waals surface area contributed by atoms with Gasteiger partial charge in [0.2, 0.25) is 5.91 Å². The van der Waals surface area contributed by atoms with E-state index in [1.807, 2.05) is 23.4 Å². The maximum Gasteiger partial charge on any atom is 0.222 e. The van der Waals surface area contributed by atoms with E-state index in [2.05, 4.69) is 52.1 Å². The number of likely N-dealkylation sites (tertiary alicyclic amines) is 1. The van der Waals surface area contributed by atoms with E-state index in [0.717, 1.165) is 48.5 Å². The summed E-state index contributed by atoms with van der Waals surface area (Å²) in [5, 5.41) is 3.45. The molecule has 28 heavy (non-hydrogen) atoms. The van der Waals surface area contributed by atoms with Crippen LogP contribution in [0.15, 0.2) is 48.8 Å². The van der Waals surface area contributed by atoms with Crippen LogP contribution in [0, 0.1) is 0 Å². The zero-order valence-corrected chi connectivity index (χ0v) is 16.2. The number of fused-ring (bicyclic) bond motifs is 1. The van der Waals surface area contributed by atoms with Crippen LogP contribution in [0.5, 0.6) is 5.75 Å². The molecule has 0 atom stereocenters. The van der Waals surface area contributed by atoms with E-state index in [1.54, 1.807) is 0 Å². The summed E-state index contributed by atoms with van der Waals surface area (Å²) in [5.74, 6) is 1.08. The number of amides is 1. The fourth-order valence-electron chi connectivity index (χ4n) is 3.55. The van der Waals surface area contributed by atoms with Crippen molar-refractivity contribution in [1.82, 2.24) is 14.5 Å². The molecule has 0 aliphatic carbocycles. The first-order valence-corrected chi connectivity index (χ1v) is 9.91. The standard InChI is InChI=1S/C22H26N4O2/c1-2-25-16-24-20-14-18(7-10-21(20)25)23-15-17-5-8-19(9-6-17)28-13-12-26-11-3-4-22(26)27/h5-10,14,16,23H,2-4,11-13,15H2,1H3. The first kappa shape index (κ1) is 18.3. The highest BCUT2D eigenvalue weighted by atomic mass is 16.5. The molecule has 1 aliphatic rings. The third-order valence-electron chi connectivity index (χ3n) is 5.18. The summed E-state index contributed by atoms with van der Waals surface area (Å²) in [6.45, 7) is 5.84. The lowest BCUT2D eigenvalue weighted by molar-refractivity contribution is -0.128. The smallest absolute Gasteiger partial charge is 0.222 e. The number of carbonyl (C=O) groups is 1. The van der Waals surface area contributed by atoms with Crippen molar-refractivity contribution in [3.8, 4) is 5.75 Å². The van der Waals surface area contributed by atoms with Crippen LogP contribution < -0.4 is 10.1 Å². The SMILES string of the molecule is CCn1cnc2cc(NCc3ccc(OCCN4CCCC4=O)cc3)ccc21. The first-order valence-electron chi connectivity index (χ1n) is 9.91. The molecule has 4 rings (SSSR count). The summed E-state index contributed by atoms with van der Waals surface area (Å²) < 4.78 is 7.91. The number of imidazole rings is 1. The van der Waals surface area contributed by atoms with Crippen molar-refractivity contribution in [2.24, 2.45) is 0 Å². The largest absolute Gasteiger partial charge is 0.492 e. The van der Waals surface area contributed by atoms with E-state index in [-0.39, 0.29) is 5.91 Å². The molecule has 1 amide bonds.